The smallest absolute Gasteiger partial charge is 0.242 e. The van der Waals surface area contributed by atoms with E-state index in [1.54, 1.807) is 14.2 Å². The molecule has 2 aromatic heterocycles. The molecule has 3 rings (SSSR count). The van der Waals surface area contributed by atoms with E-state index in [9.17, 15) is 0 Å². The predicted molar refractivity (Wildman–Crippen MR) is 74.4 cm³/mol. The molecule has 0 spiro atoms. The van der Waals surface area contributed by atoms with Crippen molar-refractivity contribution < 1.29 is 14.2 Å². The van der Waals surface area contributed by atoms with Crippen molar-refractivity contribution in [2.75, 3.05) is 27.4 Å². The number of fused-ring (bicyclic) bond motifs is 1. The number of rotatable bonds is 4. The molecule has 0 amide bonds. The maximum Gasteiger partial charge on any atom is 0.242 e. The fourth-order valence-corrected chi connectivity index (χ4v) is 2.73. The van der Waals surface area contributed by atoms with E-state index in [0.717, 1.165) is 6.42 Å². The number of nitrogens with one attached hydrogen (secondary N) is 1. The number of ether oxygens (including phenoxy) is 3. The molecular formula is C12H16N4O3S. The number of aromatic amines is 1. The van der Waals surface area contributed by atoms with Gasteiger partial charge in [0.2, 0.25) is 5.88 Å². The lowest BCUT2D eigenvalue weighted by molar-refractivity contribution is -0.0291. The Bertz CT molecular complexity index is 675. The van der Waals surface area contributed by atoms with Crippen LogP contribution in [0, 0.1) is 4.77 Å². The van der Waals surface area contributed by atoms with Crippen LogP contribution < -0.4 is 4.74 Å². The van der Waals surface area contributed by atoms with Gasteiger partial charge in [-0.3, -0.25) is 4.57 Å². The van der Waals surface area contributed by atoms with Crippen molar-refractivity contribution in [2.24, 2.45) is 0 Å². The molecule has 0 saturated carbocycles. The minimum Gasteiger partial charge on any atom is -0.479 e. The van der Waals surface area contributed by atoms with Crippen LogP contribution in [0.4, 0.5) is 0 Å². The number of aromatic nitrogens is 4. The lowest BCUT2D eigenvalue weighted by Gasteiger charge is -2.26. The van der Waals surface area contributed by atoms with Gasteiger partial charge < -0.3 is 19.2 Å². The summed E-state index contributed by atoms with van der Waals surface area (Å²) >= 11 is 5.38. The molecule has 0 aliphatic carbocycles. The lowest BCUT2D eigenvalue weighted by Crippen LogP contribution is -2.37. The third kappa shape index (κ3) is 2.09. The number of methoxy groups -OCH3 is 2. The molecule has 108 valence electrons. The Morgan fingerprint density at radius 2 is 2.35 bits per heavy atom. The van der Waals surface area contributed by atoms with Crippen molar-refractivity contribution in [1.82, 2.24) is 19.5 Å². The minimum atomic E-state index is -0.356. The Balaban J connectivity index is 2.08. The third-order valence-electron chi connectivity index (χ3n) is 3.66. The van der Waals surface area contributed by atoms with Crippen LogP contribution in [0.1, 0.15) is 6.42 Å². The molecule has 1 saturated heterocycles. The van der Waals surface area contributed by atoms with E-state index in [2.05, 4.69) is 15.0 Å². The summed E-state index contributed by atoms with van der Waals surface area (Å²) in [5.41, 5.74) is 1.06. The molecule has 0 radical (unpaired) electrons. The lowest BCUT2D eigenvalue weighted by atomic mass is 10.0. The minimum absolute atomic E-state index is 0.356. The third-order valence-corrected chi connectivity index (χ3v) is 3.99. The van der Waals surface area contributed by atoms with Crippen LogP contribution >= 0.6 is 12.2 Å². The molecule has 0 bridgehead atoms. The van der Waals surface area contributed by atoms with Gasteiger partial charge in [-0.1, -0.05) is 0 Å². The SMILES string of the molecule is COc1ncnc2c1[nH]c(=S)n2CC1(OC)CCOC1. The topological polar surface area (TPSA) is 74.2 Å². The molecule has 1 aliphatic heterocycles. The quantitative estimate of drug-likeness (QED) is 0.857. The predicted octanol–water partition coefficient (Wildman–Crippen LogP) is 1.30. The number of hydrogen-bond acceptors (Lipinski definition) is 6. The standard InChI is InChI=1S/C12H16N4O3S/c1-17-10-8-9(13-7-14-10)16(11(20)15-8)5-12(18-2)3-4-19-6-12/h7H,3-6H2,1-2H3,(H,15,20). The first-order valence-corrected chi connectivity index (χ1v) is 6.70. The molecule has 3 heterocycles. The molecular weight excluding hydrogens is 280 g/mol. The average Bonchev–Trinajstić information content (AvgIpc) is 3.05. The fourth-order valence-electron chi connectivity index (χ4n) is 2.47. The number of H-pyrrole nitrogens is 1. The van der Waals surface area contributed by atoms with Gasteiger partial charge in [0.25, 0.3) is 0 Å². The number of hydrogen-bond donors (Lipinski definition) is 1. The summed E-state index contributed by atoms with van der Waals surface area (Å²) in [5.74, 6) is 0.481. The van der Waals surface area contributed by atoms with Gasteiger partial charge >= 0.3 is 0 Å². The first-order chi connectivity index (χ1) is 9.69. The first kappa shape index (κ1) is 13.5. The average molecular weight is 296 g/mol. The van der Waals surface area contributed by atoms with E-state index in [1.165, 1.54) is 6.33 Å². The molecule has 20 heavy (non-hydrogen) atoms. The largest absolute Gasteiger partial charge is 0.479 e. The van der Waals surface area contributed by atoms with Gasteiger partial charge in [-0.25, -0.2) is 4.98 Å². The van der Waals surface area contributed by atoms with Gasteiger partial charge in [0.15, 0.2) is 10.4 Å². The van der Waals surface area contributed by atoms with Crippen LogP contribution in [0.15, 0.2) is 6.33 Å². The van der Waals surface area contributed by atoms with E-state index in [4.69, 9.17) is 26.4 Å². The monoisotopic (exact) mass is 296 g/mol. The van der Waals surface area contributed by atoms with Crippen molar-refractivity contribution in [3.05, 3.63) is 11.1 Å². The molecule has 1 N–H and O–H groups in total. The second kappa shape index (κ2) is 5.12. The molecule has 7 nitrogen and oxygen atoms in total. The van der Waals surface area contributed by atoms with Crippen molar-refractivity contribution in [2.45, 2.75) is 18.6 Å². The zero-order valence-corrected chi connectivity index (χ0v) is 12.2. The second-order valence-electron chi connectivity index (χ2n) is 4.79. The first-order valence-electron chi connectivity index (χ1n) is 6.29. The molecule has 1 fully saturated rings. The highest BCUT2D eigenvalue weighted by Crippen LogP contribution is 2.27. The maximum atomic E-state index is 5.65. The summed E-state index contributed by atoms with van der Waals surface area (Å²) in [4.78, 5) is 11.5. The highest BCUT2D eigenvalue weighted by molar-refractivity contribution is 7.71. The van der Waals surface area contributed by atoms with Crippen molar-refractivity contribution in [3.8, 4) is 5.88 Å². The highest BCUT2D eigenvalue weighted by atomic mass is 32.1. The molecule has 2 aromatic rings. The molecule has 1 atom stereocenters. The zero-order chi connectivity index (χ0) is 14.2. The summed E-state index contributed by atoms with van der Waals surface area (Å²) in [6.45, 7) is 1.84. The molecule has 8 heteroatoms. The van der Waals surface area contributed by atoms with Crippen LogP contribution in [0.3, 0.4) is 0 Å². The summed E-state index contributed by atoms with van der Waals surface area (Å²) < 4.78 is 18.8. The van der Waals surface area contributed by atoms with Crippen LogP contribution in [-0.4, -0.2) is 52.6 Å². The van der Waals surface area contributed by atoms with Crippen LogP contribution in [0.25, 0.3) is 11.2 Å². The van der Waals surface area contributed by atoms with E-state index in [1.807, 2.05) is 4.57 Å². The van der Waals surface area contributed by atoms with E-state index < -0.39 is 0 Å². The van der Waals surface area contributed by atoms with Gasteiger partial charge in [0.1, 0.15) is 17.4 Å². The van der Waals surface area contributed by atoms with Gasteiger partial charge in [0.05, 0.1) is 20.3 Å². The Morgan fingerprint density at radius 3 is 3.00 bits per heavy atom. The Morgan fingerprint density at radius 1 is 1.50 bits per heavy atom. The molecule has 1 aliphatic rings. The van der Waals surface area contributed by atoms with E-state index in [0.29, 0.717) is 41.6 Å². The molecule has 0 aromatic carbocycles. The highest BCUT2D eigenvalue weighted by Gasteiger charge is 2.36. The Labute approximate surface area is 120 Å². The van der Waals surface area contributed by atoms with Gasteiger partial charge in [-0.2, -0.15) is 4.98 Å². The van der Waals surface area contributed by atoms with Gasteiger partial charge in [-0.05, 0) is 12.2 Å². The number of nitrogens with zero attached hydrogens (tertiary/aromatic N) is 3. The van der Waals surface area contributed by atoms with Crippen molar-refractivity contribution >= 4 is 23.4 Å². The Hall–Kier alpha value is -1.51. The van der Waals surface area contributed by atoms with Crippen LogP contribution in [-0.2, 0) is 16.0 Å². The second-order valence-corrected chi connectivity index (χ2v) is 5.17. The number of imidazole rings is 1. The zero-order valence-electron chi connectivity index (χ0n) is 11.4. The van der Waals surface area contributed by atoms with E-state index >= 15 is 0 Å². The van der Waals surface area contributed by atoms with Gasteiger partial charge in [-0.15, -0.1) is 0 Å². The Kier molecular flexibility index (Phi) is 3.45. The summed E-state index contributed by atoms with van der Waals surface area (Å²) in [5, 5.41) is 0. The normalized spacial score (nSPS) is 22.5. The summed E-state index contributed by atoms with van der Waals surface area (Å²) in [6, 6.07) is 0. The fraction of sp³-hybridized carbons (Fsp3) is 0.583. The van der Waals surface area contributed by atoms with Crippen LogP contribution in [0.5, 0.6) is 5.88 Å². The van der Waals surface area contributed by atoms with Crippen molar-refractivity contribution in [1.29, 1.82) is 0 Å². The summed E-state index contributed by atoms with van der Waals surface area (Å²) in [6.07, 6.45) is 2.30. The van der Waals surface area contributed by atoms with Crippen LogP contribution in [0.2, 0.25) is 0 Å². The molecule has 1 unspecified atom stereocenters. The summed E-state index contributed by atoms with van der Waals surface area (Å²) in [7, 11) is 3.26. The van der Waals surface area contributed by atoms with Crippen molar-refractivity contribution in [3.63, 3.8) is 0 Å². The van der Waals surface area contributed by atoms with Gasteiger partial charge in [0, 0.05) is 20.1 Å². The maximum absolute atomic E-state index is 5.65. The van der Waals surface area contributed by atoms with E-state index in [-0.39, 0.29) is 5.60 Å².